The van der Waals surface area contributed by atoms with Crippen LogP contribution in [0, 0.1) is 29.9 Å². The molecule has 2 aromatic heterocycles. The number of carbonyl (C=O) groups excluding carboxylic acids is 1. The third kappa shape index (κ3) is 9.94. The SMILES string of the molecule is CCCC(=N)c1c(CC)ccc(N(C)/C(=N\c2nc(C3CCC(F)(F)CC3)cc(Cl)c2C=O)C(Cc2cc(F)cc(F)c2)NC(Cn2nc(C(F)F)c3c2C(F)(F)C(C)C3)=C2CCC2)c1C. The summed E-state index contributed by atoms with van der Waals surface area (Å²) in [5, 5.41) is 16.6. The lowest BCUT2D eigenvalue weighted by Crippen LogP contribution is -2.47. The molecular formula is C49H54ClF8N7O. The number of benzene rings is 2. The van der Waals surface area contributed by atoms with Gasteiger partial charge in [0.1, 0.15) is 28.9 Å². The summed E-state index contributed by atoms with van der Waals surface area (Å²) in [5.41, 5.74) is 3.32. The standard InChI is InChI=1S/C49H54ClF8N7O/c1-6-9-37(59)42-27(4)41(13-12-29(42)7-2)64(5)47(62-46-35(25-66)36(50)23-38(61-46)31-14-16-48(55,56)17-15-31)39(21-28-19-32(51)22-33(52)20-28)60-40(30-10-8-11-30)24-65-44-34(43(63-65)45(53)54)18-26(3)49(44,57)58/h12-13,19-20,22-23,25-26,31,39,45,59-60H,6-11,14-18,21,24H2,1-5H3/b59-37?,62-47-. The van der Waals surface area contributed by atoms with E-state index in [0.717, 1.165) is 46.0 Å². The van der Waals surface area contributed by atoms with Gasteiger partial charge in [0.15, 0.2) is 12.1 Å². The molecule has 17 heteroatoms. The zero-order valence-electron chi connectivity index (χ0n) is 37.6. The quantitative estimate of drug-likeness (QED) is 0.0504. The van der Waals surface area contributed by atoms with Crippen LogP contribution in [0.3, 0.4) is 0 Å². The van der Waals surface area contributed by atoms with Gasteiger partial charge in [-0.2, -0.15) is 13.9 Å². The first-order valence-corrected chi connectivity index (χ1v) is 22.9. The van der Waals surface area contributed by atoms with Crippen LogP contribution in [0.4, 0.5) is 46.6 Å². The predicted octanol–water partition coefficient (Wildman–Crippen LogP) is 13.1. The molecule has 8 nitrogen and oxygen atoms in total. The highest BCUT2D eigenvalue weighted by Crippen LogP contribution is 2.49. The second-order valence-corrected chi connectivity index (χ2v) is 18.3. The predicted molar refractivity (Wildman–Crippen MR) is 240 cm³/mol. The molecule has 0 radical (unpaired) electrons. The molecule has 3 aliphatic rings. The number of pyridine rings is 1. The Morgan fingerprint density at radius 1 is 1.08 bits per heavy atom. The number of anilines is 1. The molecule has 2 heterocycles. The minimum absolute atomic E-state index is 0.0293. The summed E-state index contributed by atoms with van der Waals surface area (Å²) in [7, 11) is 1.68. The van der Waals surface area contributed by atoms with Crippen LogP contribution in [0.15, 0.2) is 52.7 Å². The Morgan fingerprint density at radius 3 is 2.35 bits per heavy atom. The average molecular weight is 944 g/mol. The van der Waals surface area contributed by atoms with E-state index in [1.165, 1.54) is 13.0 Å². The highest BCUT2D eigenvalue weighted by Gasteiger charge is 2.51. The van der Waals surface area contributed by atoms with Gasteiger partial charge < -0.3 is 15.6 Å². The maximum Gasteiger partial charge on any atom is 0.292 e. The number of halogens is 9. The number of fused-ring (bicyclic) bond motifs is 1. The van der Waals surface area contributed by atoms with E-state index < -0.39 is 59.2 Å². The van der Waals surface area contributed by atoms with Gasteiger partial charge in [0.25, 0.3) is 12.3 Å². The zero-order valence-corrected chi connectivity index (χ0v) is 38.3. The smallest absolute Gasteiger partial charge is 0.292 e. The van der Waals surface area contributed by atoms with Crippen molar-refractivity contribution < 1.29 is 39.9 Å². The molecule has 66 heavy (non-hydrogen) atoms. The molecule has 2 fully saturated rings. The molecule has 2 unspecified atom stereocenters. The Labute approximate surface area is 384 Å². The van der Waals surface area contributed by atoms with Crippen molar-refractivity contribution in [2.24, 2.45) is 10.9 Å². The third-order valence-electron chi connectivity index (χ3n) is 13.3. The van der Waals surface area contributed by atoms with Gasteiger partial charge in [-0.15, -0.1) is 0 Å². The number of nitrogens with one attached hydrogen (secondary N) is 2. The molecule has 0 aliphatic heterocycles. The maximum absolute atomic E-state index is 15.9. The van der Waals surface area contributed by atoms with E-state index in [-0.39, 0.29) is 78.4 Å². The largest absolute Gasteiger partial charge is 0.377 e. The van der Waals surface area contributed by atoms with E-state index in [0.29, 0.717) is 66.7 Å². The Morgan fingerprint density at radius 2 is 1.76 bits per heavy atom. The molecule has 0 bridgehead atoms. The van der Waals surface area contributed by atoms with Gasteiger partial charge in [0.05, 0.1) is 23.2 Å². The van der Waals surface area contributed by atoms with Crippen molar-refractivity contribution >= 4 is 40.9 Å². The number of amidine groups is 1. The third-order valence-corrected chi connectivity index (χ3v) is 13.7. The topological polar surface area (TPSA) is 99.3 Å². The van der Waals surface area contributed by atoms with E-state index in [1.54, 1.807) is 11.9 Å². The molecule has 0 saturated heterocycles. The molecule has 3 aliphatic carbocycles. The molecule has 0 amide bonds. The van der Waals surface area contributed by atoms with Crippen molar-refractivity contribution in [1.82, 2.24) is 20.1 Å². The maximum atomic E-state index is 15.9. The van der Waals surface area contributed by atoms with E-state index >= 15 is 17.6 Å². The first-order valence-electron chi connectivity index (χ1n) is 22.5. The van der Waals surface area contributed by atoms with Crippen molar-refractivity contribution in [3.8, 4) is 0 Å². The number of nitrogens with zero attached hydrogens (tertiary/aromatic N) is 5. The molecule has 2 aromatic carbocycles. The fourth-order valence-corrected chi connectivity index (χ4v) is 9.83. The van der Waals surface area contributed by atoms with Crippen LogP contribution in [0.1, 0.15) is 146 Å². The van der Waals surface area contributed by atoms with Crippen molar-refractivity contribution in [3.05, 3.63) is 115 Å². The molecule has 7 rings (SSSR count). The number of carbonyl (C=O) groups is 1. The van der Waals surface area contributed by atoms with E-state index in [4.69, 9.17) is 27.0 Å². The number of aromatic nitrogens is 3. The number of likely N-dealkylation sites (N-methyl/N-ethyl adjacent to an activating group) is 1. The summed E-state index contributed by atoms with van der Waals surface area (Å²) in [6.45, 7) is 6.73. The highest BCUT2D eigenvalue weighted by atomic mass is 35.5. The van der Waals surface area contributed by atoms with Gasteiger partial charge in [-0.3, -0.25) is 9.48 Å². The Bertz CT molecular complexity index is 2540. The molecule has 2 atom stereocenters. The molecule has 2 saturated carbocycles. The second-order valence-electron chi connectivity index (χ2n) is 17.9. The highest BCUT2D eigenvalue weighted by molar-refractivity contribution is 6.33. The summed E-state index contributed by atoms with van der Waals surface area (Å²) in [6.07, 6.45) is -0.0851. The minimum atomic E-state index is -3.48. The monoisotopic (exact) mass is 943 g/mol. The summed E-state index contributed by atoms with van der Waals surface area (Å²) < 4.78 is 120. The van der Waals surface area contributed by atoms with Gasteiger partial charge in [0.2, 0.25) is 5.92 Å². The van der Waals surface area contributed by atoms with Crippen molar-refractivity contribution in [3.63, 3.8) is 0 Å². The van der Waals surface area contributed by atoms with Gasteiger partial charge in [-0.25, -0.2) is 36.3 Å². The first-order chi connectivity index (χ1) is 31.3. The van der Waals surface area contributed by atoms with Gasteiger partial charge >= 0.3 is 0 Å². The van der Waals surface area contributed by atoms with Crippen LogP contribution in [0.2, 0.25) is 5.02 Å². The van der Waals surface area contributed by atoms with Crippen molar-refractivity contribution in [2.75, 3.05) is 11.9 Å². The lowest BCUT2D eigenvalue weighted by atomic mass is 9.84. The van der Waals surface area contributed by atoms with Crippen LogP contribution < -0.4 is 10.2 Å². The van der Waals surface area contributed by atoms with Crippen molar-refractivity contribution in [1.29, 1.82) is 5.41 Å². The first kappa shape index (κ1) is 48.8. The van der Waals surface area contributed by atoms with Crippen LogP contribution in [0.25, 0.3) is 0 Å². The number of aliphatic imine (C=N–C) groups is 1. The fourth-order valence-electron chi connectivity index (χ4n) is 9.59. The zero-order chi connectivity index (χ0) is 47.8. The summed E-state index contributed by atoms with van der Waals surface area (Å²) in [5.74, 6) is -9.82. The van der Waals surface area contributed by atoms with Gasteiger partial charge in [-0.1, -0.05) is 44.9 Å². The van der Waals surface area contributed by atoms with E-state index in [2.05, 4.69) is 10.4 Å². The lowest BCUT2D eigenvalue weighted by molar-refractivity contribution is -0.0528. The Kier molecular flexibility index (Phi) is 14.5. The number of aryl methyl sites for hydroxylation is 1. The summed E-state index contributed by atoms with van der Waals surface area (Å²) >= 11 is 6.77. The lowest BCUT2D eigenvalue weighted by Gasteiger charge is -2.34. The summed E-state index contributed by atoms with van der Waals surface area (Å²) in [6, 6.07) is 7.08. The molecular weight excluding hydrogens is 890 g/mol. The fraction of sp³-hybridized carbons (Fsp3) is 0.490. The number of hydrogen-bond acceptors (Lipinski definition) is 6. The average Bonchev–Trinajstić information content (AvgIpc) is 3.70. The van der Waals surface area contributed by atoms with E-state index in [1.807, 2.05) is 32.9 Å². The minimum Gasteiger partial charge on any atom is -0.377 e. The second kappa shape index (κ2) is 19.6. The molecule has 4 aromatic rings. The van der Waals surface area contributed by atoms with Crippen molar-refractivity contribution in [2.45, 2.75) is 142 Å². The summed E-state index contributed by atoms with van der Waals surface area (Å²) in [4.78, 5) is 24.4. The van der Waals surface area contributed by atoms with Gasteiger partial charge in [-0.05, 0) is 111 Å². The van der Waals surface area contributed by atoms with Crippen LogP contribution in [-0.4, -0.2) is 51.6 Å². The van der Waals surface area contributed by atoms with Crippen LogP contribution >= 0.6 is 11.6 Å². The number of allylic oxidation sites excluding steroid dienone is 2. The van der Waals surface area contributed by atoms with Crippen LogP contribution in [0.5, 0.6) is 0 Å². The Hall–Kier alpha value is -5.12. The Balaban J connectivity index is 1.45. The number of rotatable bonds is 16. The van der Waals surface area contributed by atoms with E-state index in [9.17, 15) is 22.4 Å². The molecule has 2 N–H and O–H groups in total. The normalized spacial score (nSPS) is 18.6. The molecule has 354 valence electrons. The number of alkyl halides is 6. The molecule has 0 spiro atoms. The number of hydrogen-bond donors (Lipinski definition) is 2. The van der Waals surface area contributed by atoms with Gasteiger partial charge in [0, 0.05) is 71.7 Å². The number of aldehydes is 1. The van der Waals surface area contributed by atoms with Crippen LogP contribution in [-0.2, 0) is 31.7 Å².